The van der Waals surface area contributed by atoms with Crippen molar-refractivity contribution in [3.8, 4) is 11.5 Å². The normalized spacial score (nSPS) is 16.4. The van der Waals surface area contributed by atoms with Crippen LogP contribution in [0.15, 0.2) is 48.5 Å². The Morgan fingerprint density at radius 2 is 1.81 bits per heavy atom. The fraction of sp³-hybridized carbons (Fsp3) is 0.480. The predicted octanol–water partition coefficient (Wildman–Crippen LogP) is 3.78. The van der Waals surface area contributed by atoms with Crippen LogP contribution < -0.4 is 14.8 Å². The molecule has 0 aromatic heterocycles. The Morgan fingerprint density at radius 3 is 2.45 bits per heavy atom. The number of nitrogens with zero attached hydrogens (tertiary/aromatic N) is 1. The van der Waals surface area contributed by atoms with Gasteiger partial charge in [0.15, 0.2) is 11.5 Å². The van der Waals surface area contributed by atoms with Crippen molar-refractivity contribution in [2.24, 2.45) is 0 Å². The van der Waals surface area contributed by atoms with Gasteiger partial charge in [-0.3, -0.25) is 9.69 Å². The van der Waals surface area contributed by atoms with Crippen LogP contribution in [0.2, 0.25) is 0 Å². The second-order valence-electron chi connectivity index (χ2n) is 7.62. The molecule has 2 unspecified atom stereocenters. The van der Waals surface area contributed by atoms with Gasteiger partial charge in [-0.05, 0) is 36.6 Å². The molecule has 0 saturated carbocycles. The number of carbonyl (C=O) groups excluding carboxylic acids is 1. The molecule has 1 heterocycles. The Labute approximate surface area is 185 Å². The zero-order chi connectivity index (χ0) is 22.1. The van der Waals surface area contributed by atoms with Crippen LogP contribution in [0.1, 0.15) is 43.4 Å². The van der Waals surface area contributed by atoms with Crippen LogP contribution in [0, 0.1) is 0 Å². The molecular weight excluding hydrogens is 392 g/mol. The topological polar surface area (TPSA) is 60.0 Å². The minimum Gasteiger partial charge on any atom is -0.493 e. The van der Waals surface area contributed by atoms with Gasteiger partial charge in [-0.1, -0.05) is 43.3 Å². The summed E-state index contributed by atoms with van der Waals surface area (Å²) in [6.07, 6.45) is 0.759. The lowest BCUT2D eigenvalue weighted by Crippen LogP contribution is -2.44. The SMILES string of the molecule is CCOc1ccc(C(CNC(=O)C(CC)c2ccccc2)N2CCOCC2)cc1OC. The Hall–Kier alpha value is -2.57. The first kappa shape index (κ1) is 23.1. The summed E-state index contributed by atoms with van der Waals surface area (Å²) in [5, 5.41) is 3.21. The number of carbonyl (C=O) groups is 1. The summed E-state index contributed by atoms with van der Waals surface area (Å²) in [7, 11) is 1.65. The van der Waals surface area contributed by atoms with E-state index in [9.17, 15) is 4.79 Å². The maximum Gasteiger partial charge on any atom is 0.227 e. The quantitative estimate of drug-likeness (QED) is 0.627. The van der Waals surface area contributed by atoms with E-state index in [0.717, 1.165) is 36.4 Å². The highest BCUT2D eigenvalue weighted by molar-refractivity contribution is 5.83. The highest BCUT2D eigenvalue weighted by Crippen LogP contribution is 2.32. The zero-order valence-corrected chi connectivity index (χ0v) is 18.8. The van der Waals surface area contributed by atoms with Crippen molar-refractivity contribution >= 4 is 5.91 Å². The van der Waals surface area contributed by atoms with Gasteiger partial charge in [-0.15, -0.1) is 0 Å². The van der Waals surface area contributed by atoms with E-state index in [0.29, 0.717) is 32.1 Å². The molecule has 6 heteroatoms. The Morgan fingerprint density at radius 1 is 1.06 bits per heavy atom. The Balaban J connectivity index is 1.79. The molecule has 6 nitrogen and oxygen atoms in total. The molecule has 2 aromatic rings. The van der Waals surface area contributed by atoms with Crippen LogP contribution in [0.3, 0.4) is 0 Å². The maximum absolute atomic E-state index is 13.1. The summed E-state index contributed by atoms with van der Waals surface area (Å²) in [5.74, 6) is 1.35. The molecule has 1 amide bonds. The minimum absolute atomic E-state index is 0.0331. The first-order valence-corrected chi connectivity index (χ1v) is 11.1. The Kier molecular flexibility index (Phi) is 8.74. The first-order chi connectivity index (χ1) is 15.2. The van der Waals surface area contributed by atoms with E-state index in [1.165, 1.54) is 0 Å². The number of methoxy groups -OCH3 is 1. The molecule has 168 valence electrons. The van der Waals surface area contributed by atoms with Gasteiger partial charge in [-0.25, -0.2) is 0 Å². The third-order valence-electron chi connectivity index (χ3n) is 5.76. The Bertz CT molecular complexity index is 822. The van der Waals surface area contributed by atoms with Crippen LogP contribution >= 0.6 is 0 Å². The minimum atomic E-state index is -0.151. The van der Waals surface area contributed by atoms with Crippen molar-refractivity contribution < 1.29 is 19.0 Å². The number of hydrogen-bond donors (Lipinski definition) is 1. The number of hydrogen-bond acceptors (Lipinski definition) is 5. The van der Waals surface area contributed by atoms with Crippen molar-refractivity contribution in [1.29, 1.82) is 0 Å². The summed E-state index contributed by atoms with van der Waals surface area (Å²) < 4.78 is 16.8. The summed E-state index contributed by atoms with van der Waals surface area (Å²) in [6.45, 7) is 8.15. The number of rotatable bonds is 10. The maximum atomic E-state index is 13.1. The van der Waals surface area contributed by atoms with E-state index in [4.69, 9.17) is 14.2 Å². The lowest BCUT2D eigenvalue weighted by atomic mass is 9.95. The van der Waals surface area contributed by atoms with Crippen molar-refractivity contribution in [2.75, 3.05) is 46.6 Å². The summed E-state index contributed by atoms with van der Waals surface area (Å²) in [5.41, 5.74) is 2.14. The second kappa shape index (κ2) is 11.7. The monoisotopic (exact) mass is 426 g/mol. The molecule has 0 bridgehead atoms. The lowest BCUT2D eigenvalue weighted by Gasteiger charge is -2.35. The number of morpholine rings is 1. The molecular formula is C25H34N2O4. The van der Waals surface area contributed by atoms with E-state index >= 15 is 0 Å². The number of ether oxygens (including phenoxy) is 3. The lowest BCUT2D eigenvalue weighted by molar-refractivity contribution is -0.123. The smallest absolute Gasteiger partial charge is 0.227 e. The van der Waals surface area contributed by atoms with Crippen LogP contribution in [0.4, 0.5) is 0 Å². The summed E-state index contributed by atoms with van der Waals surface area (Å²) in [6, 6.07) is 16.0. The van der Waals surface area contributed by atoms with Crippen LogP contribution in [-0.4, -0.2) is 57.4 Å². The van der Waals surface area contributed by atoms with Gasteiger partial charge in [0.1, 0.15) is 0 Å². The molecule has 3 rings (SSSR count). The van der Waals surface area contributed by atoms with Gasteiger partial charge in [0.05, 0.1) is 38.9 Å². The van der Waals surface area contributed by atoms with Gasteiger partial charge in [0, 0.05) is 19.6 Å². The van der Waals surface area contributed by atoms with Crippen molar-refractivity contribution in [3.05, 3.63) is 59.7 Å². The van der Waals surface area contributed by atoms with Gasteiger partial charge in [0.2, 0.25) is 5.91 Å². The van der Waals surface area contributed by atoms with Crippen LogP contribution in [-0.2, 0) is 9.53 Å². The fourth-order valence-electron chi connectivity index (χ4n) is 4.09. The molecule has 0 spiro atoms. The second-order valence-corrected chi connectivity index (χ2v) is 7.62. The average molecular weight is 427 g/mol. The molecule has 1 N–H and O–H groups in total. The first-order valence-electron chi connectivity index (χ1n) is 11.1. The van der Waals surface area contributed by atoms with Crippen LogP contribution in [0.25, 0.3) is 0 Å². The standard InChI is InChI=1S/C25H34N2O4/c1-4-21(19-9-7-6-8-10-19)25(28)26-18-22(27-13-15-30-16-14-27)20-11-12-23(31-5-2)24(17-20)29-3/h6-12,17,21-22H,4-5,13-16,18H2,1-3H3,(H,26,28). The molecule has 31 heavy (non-hydrogen) atoms. The van der Waals surface area contributed by atoms with Gasteiger partial charge < -0.3 is 19.5 Å². The van der Waals surface area contributed by atoms with E-state index in [2.05, 4.69) is 16.3 Å². The van der Waals surface area contributed by atoms with Crippen LogP contribution in [0.5, 0.6) is 11.5 Å². The highest BCUT2D eigenvalue weighted by atomic mass is 16.5. The fourth-order valence-corrected chi connectivity index (χ4v) is 4.09. The molecule has 2 atom stereocenters. The third-order valence-corrected chi connectivity index (χ3v) is 5.76. The number of amides is 1. The summed E-state index contributed by atoms with van der Waals surface area (Å²) in [4.78, 5) is 15.4. The van der Waals surface area contributed by atoms with Crippen molar-refractivity contribution in [1.82, 2.24) is 10.2 Å². The zero-order valence-electron chi connectivity index (χ0n) is 18.8. The number of nitrogens with one attached hydrogen (secondary N) is 1. The van der Waals surface area contributed by atoms with E-state index in [1.54, 1.807) is 7.11 Å². The van der Waals surface area contributed by atoms with E-state index in [1.807, 2.05) is 56.3 Å². The molecule has 1 fully saturated rings. The number of benzene rings is 2. The molecule has 1 aliphatic heterocycles. The van der Waals surface area contributed by atoms with Crippen molar-refractivity contribution in [2.45, 2.75) is 32.2 Å². The van der Waals surface area contributed by atoms with Gasteiger partial charge in [0.25, 0.3) is 0 Å². The largest absolute Gasteiger partial charge is 0.493 e. The predicted molar refractivity (Wildman–Crippen MR) is 122 cm³/mol. The molecule has 0 aliphatic carbocycles. The molecule has 2 aromatic carbocycles. The average Bonchev–Trinajstić information content (AvgIpc) is 2.82. The molecule has 0 radical (unpaired) electrons. The highest BCUT2D eigenvalue weighted by Gasteiger charge is 2.26. The molecule has 1 saturated heterocycles. The van der Waals surface area contributed by atoms with E-state index < -0.39 is 0 Å². The van der Waals surface area contributed by atoms with E-state index in [-0.39, 0.29) is 17.9 Å². The summed E-state index contributed by atoms with van der Waals surface area (Å²) >= 11 is 0. The van der Waals surface area contributed by atoms with Gasteiger partial charge >= 0.3 is 0 Å². The van der Waals surface area contributed by atoms with Gasteiger partial charge in [-0.2, -0.15) is 0 Å². The third kappa shape index (κ3) is 5.99. The van der Waals surface area contributed by atoms with Crippen molar-refractivity contribution in [3.63, 3.8) is 0 Å². The molecule has 1 aliphatic rings.